The molecule has 100 valence electrons. The number of rotatable bonds is 3. The molecule has 0 aromatic carbocycles. The molecule has 0 saturated carbocycles. The Labute approximate surface area is 114 Å². The highest BCUT2D eigenvalue weighted by Gasteiger charge is 2.13. The smallest absolute Gasteiger partial charge is 0.233 e. The standard InChI is InChI=1S/C13H11N5O2/c1-19-11-3-2-10(17-18-11)9-6-15-13(14)16-12(9)8-4-5-20-7-8/h2-7H,1H3,(H2,14,15,16). The van der Waals surface area contributed by atoms with Crippen LogP contribution in [0.25, 0.3) is 22.5 Å². The van der Waals surface area contributed by atoms with Crippen molar-refractivity contribution in [2.45, 2.75) is 0 Å². The molecule has 0 amide bonds. The lowest BCUT2D eigenvalue weighted by Gasteiger charge is -2.06. The third-order valence-electron chi connectivity index (χ3n) is 2.73. The number of hydrogen-bond donors (Lipinski definition) is 1. The minimum atomic E-state index is 0.187. The highest BCUT2D eigenvalue weighted by molar-refractivity contribution is 5.78. The molecule has 3 aromatic rings. The van der Waals surface area contributed by atoms with Crippen molar-refractivity contribution < 1.29 is 9.15 Å². The summed E-state index contributed by atoms with van der Waals surface area (Å²) < 4.78 is 10.1. The molecule has 0 radical (unpaired) electrons. The van der Waals surface area contributed by atoms with Crippen LogP contribution in [0.1, 0.15) is 0 Å². The average Bonchev–Trinajstić information content (AvgIpc) is 3.01. The molecule has 0 atom stereocenters. The van der Waals surface area contributed by atoms with Gasteiger partial charge >= 0.3 is 0 Å². The van der Waals surface area contributed by atoms with Gasteiger partial charge < -0.3 is 14.9 Å². The number of anilines is 1. The molecule has 3 heterocycles. The summed E-state index contributed by atoms with van der Waals surface area (Å²) in [6, 6.07) is 5.30. The Kier molecular flexibility index (Phi) is 3.00. The minimum absolute atomic E-state index is 0.187. The van der Waals surface area contributed by atoms with Crippen LogP contribution in [0.15, 0.2) is 41.3 Å². The molecule has 0 saturated heterocycles. The highest BCUT2D eigenvalue weighted by Crippen LogP contribution is 2.29. The van der Waals surface area contributed by atoms with Crippen LogP contribution in [0.3, 0.4) is 0 Å². The Balaban J connectivity index is 2.13. The number of nitrogens with zero attached hydrogens (tertiary/aromatic N) is 4. The van der Waals surface area contributed by atoms with E-state index in [1.165, 1.54) is 7.11 Å². The van der Waals surface area contributed by atoms with E-state index in [0.717, 1.165) is 11.1 Å². The molecule has 3 aromatic heterocycles. The molecule has 20 heavy (non-hydrogen) atoms. The van der Waals surface area contributed by atoms with Gasteiger partial charge in [-0.2, -0.15) is 0 Å². The first-order valence-corrected chi connectivity index (χ1v) is 5.81. The summed E-state index contributed by atoms with van der Waals surface area (Å²) in [6.45, 7) is 0. The molecule has 2 N–H and O–H groups in total. The second kappa shape index (κ2) is 4.96. The van der Waals surface area contributed by atoms with Gasteiger partial charge in [-0.3, -0.25) is 0 Å². The largest absolute Gasteiger partial charge is 0.480 e. The maximum atomic E-state index is 5.65. The monoisotopic (exact) mass is 269 g/mol. The molecule has 0 aliphatic carbocycles. The van der Waals surface area contributed by atoms with E-state index < -0.39 is 0 Å². The van der Waals surface area contributed by atoms with Crippen LogP contribution >= 0.6 is 0 Å². The van der Waals surface area contributed by atoms with Gasteiger partial charge in [0.25, 0.3) is 0 Å². The molecule has 3 rings (SSSR count). The summed E-state index contributed by atoms with van der Waals surface area (Å²) in [6.07, 6.45) is 4.76. The van der Waals surface area contributed by atoms with Gasteiger partial charge in [-0.15, -0.1) is 10.2 Å². The second-order valence-corrected chi connectivity index (χ2v) is 3.96. The van der Waals surface area contributed by atoms with Crippen molar-refractivity contribution in [2.24, 2.45) is 0 Å². The molecule has 0 unspecified atom stereocenters. The van der Waals surface area contributed by atoms with E-state index in [9.17, 15) is 0 Å². The van der Waals surface area contributed by atoms with Gasteiger partial charge in [0.15, 0.2) is 0 Å². The maximum absolute atomic E-state index is 5.65. The predicted octanol–water partition coefficient (Wildman–Crippen LogP) is 1.78. The van der Waals surface area contributed by atoms with Crippen molar-refractivity contribution in [2.75, 3.05) is 12.8 Å². The fourth-order valence-corrected chi connectivity index (χ4v) is 1.77. The first-order chi connectivity index (χ1) is 9.78. The van der Waals surface area contributed by atoms with E-state index in [1.807, 2.05) is 0 Å². The lowest BCUT2D eigenvalue weighted by Crippen LogP contribution is -2.00. The molecule has 0 aliphatic rings. The zero-order chi connectivity index (χ0) is 13.9. The molecule has 7 heteroatoms. The van der Waals surface area contributed by atoms with E-state index in [4.69, 9.17) is 14.9 Å². The molecule has 7 nitrogen and oxygen atoms in total. The van der Waals surface area contributed by atoms with Gasteiger partial charge in [0, 0.05) is 23.4 Å². The van der Waals surface area contributed by atoms with Crippen LogP contribution in [-0.2, 0) is 0 Å². The zero-order valence-corrected chi connectivity index (χ0v) is 10.6. The lowest BCUT2D eigenvalue weighted by molar-refractivity contribution is 0.392. The normalized spacial score (nSPS) is 10.4. The van der Waals surface area contributed by atoms with E-state index >= 15 is 0 Å². The Morgan fingerprint density at radius 2 is 2.10 bits per heavy atom. The molecule has 0 bridgehead atoms. The number of aromatic nitrogens is 4. The fraction of sp³-hybridized carbons (Fsp3) is 0.0769. The van der Waals surface area contributed by atoms with Crippen LogP contribution < -0.4 is 10.5 Å². The molecule has 0 fully saturated rings. The quantitative estimate of drug-likeness (QED) is 0.773. The van der Waals surface area contributed by atoms with Gasteiger partial charge in [0.1, 0.15) is 0 Å². The summed E-state index contributed by atoms with van der Waals surface area (Å²) >= 11 is 0. The fourth-order valence-electron chi connectivity index (χ4n) is 1.77. The third-order valence-corrected chi connectivity index (χ3v) is 2.73. The molecular formula is C13H11N5O2. The SMILES string of the molecule is COc1ccc(-c2cnc(N)nc2-c2ccoc2)nn1. The summed E-state index contributed by atoms with van der Waals surface area (Å²) in [5.74, 6) is 0.626. The van der Waals surface area contributed by atoms with Gasteiger partial charge in [-0.1, -0.05) is 0 Å². The number of methoxy groups -OCH3 is 1. The van der Waals surface area contributed by atoms with E-state index in [0.29, 0.717) is 17.3 Å². The number of nitrogen functional groups attached to an aromatic ring is 1. The number of ether oxygens (including phenoxy) is 1. The van der Waals surface area contributed by atoms with Crippen molar-refractivity contribution in [1.82, 2.24) is 20.2 Å². The number of hydrogen-bond acceptors (Lipinski definition) is 7. The van der Waals surface area contributed by atoms with Crippen LogP contribution in [-0.4, -0.2) is 27.3 Å². The van der Waals surface area contributed by atoms with Gasteiger partial charge in [-0.25, -0.2) is 9.97 Å². The molecule has 0 aliphatic heterocycles. The Morgan fingerprint density at radius 3 is 2.75 bits per heavy atom. The average molecular weight is 269 g/mol. The number of furan rings is 1. The van der Waals surface area contributed by atoms with Crippen molar-refractivity contribution in [1.29, 1.82) is 0 Å². The van der Waals surface area contributed by atoms with Crippen molar-refractivity contribution in [3.05, 3.63) is 36.9 Å². The van der Waals surface area contributed by atoms with E-state index in [2.05, 4.69) is 20.2 Å². The van der Waals surface area contributed by atoms with E-state index in [-0.39, 0.29) is 5.95 Å². The lowest BCUT2D eigenvalue weighted by atomic mass is 10.1. The maximum Gasteiger partial charge on any atom is 0.233 e. The first kappa shape index (κ1) is 12.1. The van der Waals surface area contributed by atoms with Crippen LogP contribution in [0.5, 0.6) is 5.88 Å². The Bertz CT molecular complexity index is 710. The van der Waals surface area contributed by atoms with Crippen LogP contribution in [0.4, 0.5) is 5.95 Å². The first-order valence-electron chi connectivity index (χ1n) is 5.81. The topological polar surface area (TPSA) is 100.0 Å². The summed E-state index contributed by atoms with van der Waals surface area (Å²) in [5, 5.41) is 8.03. The minimum Gasteiger partial charge on any atom is -0.480 e. The van der Waals surface area contributed by atoms with Crippen molar-refractivity contribution in [3.8, 4) is 28.4 Å². The van der Waals surface area contributed by atoms with Crippen molar-refractivity contribution in [3.63, 3.8) is 0 Å². The highest BCUT2D eigenvalue weighted by atomic mass is 16.5. The van der Waals surface area contributed by atoms with Gasteiger partial charge in [-0.05, 0) is 12.1 Å². The zero-order valence-electron chi connectivity index (χ0n) is 10.6. The summed E-state index contributed by atoms with van der Waals surface area (Å²) in [7, 11) is 1.53. The van der Waals surface area contributed by atoms with Gasteiger partial charge in [0.2, 0.25) is 11.8 Å². The van der Waals surface area contributed by atoms with Crippen LogP contribution in [0.2, 0.25) is 0 Å². The molecule has 0 spiro atoms. The number of nitrogens with two attached hydrogens (primary N) is 1. The molecular weight excluding hydrogens is 258 g/mol. The van der Waals surface area contributed by atoms with Gasteiger partial charge in [0.05, 0.1) is 31.0 Å². The van der Waals surface area contributed by atoms with Crippen LogP contribution in [0, 0.1) is 0 Å². The van der Waals surface area contributed by atoms with E-state index in [1.54, 1.807) is 36.9 Å². The Hall–Kier alpha value is -2.96. The third kappa shape index (κ3) is 2.16. The summed E-state index contributed by atoms with van der Waals surface area (Å²) in [4.78, 5) is 8.25. The predicted molar refractivity (Wildman–Crippen MR) is 71.7 cm³/mol. The van der Waals surface area contributed by atoms with Crippen molar-refractivity contribution >= 4 is 5.95 Å². The summed E-state index contributed by atoms with van der Waals surface area (Å²) in [5.41, 5.74) is 8.44. The Morgan fingerprint density at radius 1 is 1.20 bits per heavy atom. The second-order valence-electron chi connectivity index (χ2n) is 3.96.